The minimum Gasteiger partial charge on any atom is -0.459 e. The zero-order valence-electron chi connectivity index (χ0n) is 14.3. The van der Waals surface area contributed by atoms with E-state index in [-0.39, 0.29) is 13.2 Å². The van der Waals surface area contributed by atoms with E-state index in [4.69, 9.17) is 9.47 Å². The van der Waals surface area contributed by atoms with Crippen LogP contribution in [0.25, 0.3) is 0 Å². The van der Waals surface area contributed by atoms with Gasteiger partial charge < -0.3 is 14.4 Å². The van der Waals surface area contributed by atoms with Crippen LogP contribution in [0.5, 0.6) is 0 Å². The summed E-state index contributed by atoms with van der Waals surface area (Å²) in [4.78, 5) is 26.0. The van der Waals surface area contributed by atoms with Gasteiger partial charge in [0, 0.05) is 6.61 Å². The van der Waals surface area contributed by atoms with E-state index >= 15 is 0 Å². The number of rotatable bonds is 5. The molecular formula is C17H21NO6S. The lowest BCUT2D eigenvalue weighted by molar-refractivity contribution is -0.177. The first-order valence-electron chi connectivity index (χ1n) is 8.11. The van der Waals surface area contributed by atoms with Gasteiger partial charge in [-0.05, 0) is 26.3 Å². The van der Waals surface area contributed by atoms with Crippen molar-refractivity contribution in [2.75, 3.05) is 6.61 Å². The van der Waals surface area contributed by atoms with Crippen molar-refractivity contribution in [3.05, 3.63) is 35.9 Å². The van der Waals surface area contributed by atoms with Crippen LogP contribution < -0.4 is 0 Å². The van der Waals surface area contributed by atoms with Crippen LogP contribution in [0.1, 0.15) is 26.3 Å². The van der Waals surface area contributed by atoms with Gasteiger partial charge >= 0.3 is 5.97 Å². The highest BCUT2D eigenvalue weighted by Crippen LogP contribution is 2.47. The van der Waals surface area contributed by atoms with E-state index in [0.29, 0.717) is 0 Å². The molecule has 0 aromatic heterocycles. The monoisotopic (exact) mass is 367 g/mol. The van der Waals surface area contributed by atoms with Gasteiger partial charge in [-0.15, -0.1) is 0 Å². The maximum absolute atomic E-state index is 12.8. The van der Waals surface area contributed by atoms with Crippen LogP contribution in [0.4, 0.5) is 0 Å². The third-order valence-electron chi connectivity index (χ3n) is 4.81. The lowest BCUT2D eigenvalue weighted by Crippen LogP contribution is -2.67. The van der Waals surface area contributed by atoms with E-state index in [1.165, 1.54) is 13.8 Å². The Bertz CT molecular complexity index is 789. The Kier molecular flexibility index (Phi) is 4.36. The lowest BCUT2D eigenvalue weighted by Gasteiger charge is -2.42. The number of carbonyl (C=O) groups excluding carboxylic acids is 2. The Hall–Kier alpha value is -1.93. The van der Waals surface area contributed by atoms with Crippen molar-refractivity contribution in [3.8, 4) is 0 Å². The summed E-state index contributed by atoms with van der Waals surface area (Å²) in [6.07, 6.45) is -1.04. The number of carbonyl (C=O) groups is 2. The summed E-state index contributed by atoms with van der Waals surface area (Å²) in [6.45, 7) is 4.83. The molecule has 136 valence electrons. The van der Waals surface area contributed by atoms with E-state index in [2.05, 4.69) is 0 Å². The molecule has 1 aromatic rings. The smallest absolute Gasteiger partial charge is 0.330 e. The molecule has 0 aliphatic carbocycles. The topological polar surface area (TPSA) is 90.0 Å². The van der Waals surface area contributed by atoms with Crippen molar-refractivity contribution in [2.24, 2.45) is 0 Å². The largest absolute Gasteiger partial charge is 0.459 e. The Morgan fingerprint density at radius 3 is 2.48 bits per heavy atom. The quantitative estimate of drug-likeness (QED) is 0.567. The van der Waals surface area contributed by atoms with Gasteiger partial charge in [-0.25, -0.2) is 13.2 Å². The molecule has 2 saturated heterocycles. The molecule has 7 nitrogen and oxygen atoms in total. The molecule has 0 bridgehead atoms. The third-order valence-corrected chi connectivity index (χ3v) is 7.61. The summed E-state index contributed by atoms with van der Waals surface area (Å²) in [6, 6.07) is 7.90. The number of benzene rings is 1. The molecule has 25 heavy (non-hydrogen) atoms. The molecule has 3 atom stereocenters. The molecule has 2 aliphatic heterocycles. The average Bonchev–Trinajstić information content (AvgIpc) is 2.72. The number of sulfone groups is 1. The molecule has 1 amide bonds. The number of ether oxygens (including phenoxy) is 2. The first kappa shape index (κ1) is 17.9. The highest BCUT2D eigenvalue weighted by molar-refractivity contribution is 7.94. The van der Waals surface area contributed by atoms with Crippen molar-refractivity contribution >= 4 is 21.7 Å². The number of hydrogen-bond donors (Lipinski definition) is 0. The van der Waals surface area contributed by atoms with Crippen molar-refractivity contribution in [2.45, 2.75) is 49.6 Å². The number of hydrogen-bond acceptors (Lipinski definition) is 6. The first-order chi connectivity index (χ1) is 11.7. The Balaban J connectivity index is 1.83. The van der Waals surface area contributed by atoms with Crippen LogP contribution in [-0.4, -0.2) is 54.1 Å². The molecule has 0 spiro atoms. The molecule has 3 rings (SSSR count). The first-order valence-corrected chi connectivity index (χ1v) is 9.66. The number of fused-ring (bicyclic) bond motifs is 1. The summed E-state index contributed by atoms with van der Waals surface area (Å²) >= 11 is 0. The molecule has 2 heterocycles. The van der Waals surface area contributed by atoms with Crippen LogP contribution in [0, 0.1) is 0 Å². The van der Waals surface area contributed by atoms with Crippen molar-refractivity contribution in [3.63, 3.8) is 0 Å². The van der Waals surface area contributed by atoms with Gasteiger partial charge in [-0.2, -0.15) is 0 Å². The van der Waals surface area contributed by atoms with Crippen molar-refractivity contribution < 1.29 is 27.5 Å². The molecular weight excluding hydrogens is 346 g/mol. The standard InChI is InChI=1S/C17H21NO6S/c1-4-23-12-14(19)18-13(17(2,3)25(21,22)15(12)18)16(20)24-10-11-8-6-5-7-9-11/h5-9,12-13,15H,4,10H2,1-3H3/t12-,13-,15+/m0/s1. The minimum atomic E-state index is -3.77. The summed E-state index contributed by atoms with van der Waals surface area (Å²) in [5, 5.41) is -1.12. The zero-order valence-corrected chi connectivity index (χ0v) is 15.2. The Morgan fingerprint density at radius 2 is 1.88 bits per heavy atom. The average molecular weight is 367 g/mol. The van der Waals surface area contributed by atoms with E-state index in [1.807, 2.05) is 18.2 Å². The SMILES string of the molecule is CCO[C@H]1C(=O)N2[C@@H](C(=O)OCc3ccccc3)C(C)(C)S(=O)(=O)[C@H]12. The summed E-state index contributed by atoms with van der Waals surface area (Å²) < 4.78 is 34.8. The second-order valence-corrected chi connectivity index (χ2v) is 9.28. The fraction of sp³-hybridized carbons (Fsp3) is 0.529. The molecule has 2 fully saturated rings. The molecule has 0 saturated carbocycles. The van der Waals surface area contributed by atoms with Gasteiger partial charge in [0.2, 0.25) is 0 Å². The maximum Gasteiger partial charge on any atom is 0.330 e. The molecule has 2 aliphatic rings. The fourth-order valence-electron chi connectivity index (χ4n) is 3.38. The van der Waals surface area contributed by atoms with E-state index in [9.17, 15) is 18.0 Å². The van der Waals surface area contributed by atoms with Crippen LogP contribution >= 0.6 is 0 Å². The van der Waals surface area contributed by atoms with Crippen LogP contribution in [0.2, 0.25) is 0 Å². The Morgan fingerprint density at radius 1 is 1.24 bits per heavy atom. The highest BCUT2D eigenvalue weighted by Gasteiger charge is 2.73. The number of amides is 1. The molecule has 1 aromatic carbocycles. The second kappa shape index (κ2) is 6.10. The van der Waals surface area contributed by atoms with E-state index in [0.717, 1.165) is 10.5 Å². The number of β-lactam (4-membered cyclic amide) rings is 1. The van der Waals surface area contributed by atoms with Gasteiger partial charge in [-0.1, -0.05) is 30.3 Å². The van der Waals surface area contributed by atoms with Gasteiger partial charge in [0.25, 0.3) is 5.91 Å². The second-order valence-electron chi connectivity index (χ2n) is 6.66. The van der Waals surface area contributed by atoms with E-state index in [1.54, 1.807) is 19.1 Å². The van der Waals surface area contributed by atoms with Crippen LogP contribution in [-0.2, 0) is 35.5 Å². The highest BCUT2D eigenvalue weighted by atomic mass is 32.2. The van der Waals surface area contributed by atoms with Gasteiger partial charge in [0.1, 0.15) is 17.4 Å². The van der Waals surface area contributed by atoms with Gasteiger partial charge in [0.05, 0.1) is 0 Å². The summed E-state index contributed by atoms with van der Waals surface area (Å²) in [5.74, 6) is -1.20. The summed E-state index contributed by atoms with van der Waals surface area (Å²) in [7, 11) is -3.77. The summed E-state index contributed by atoms with van der Waals surface area (Å²) in [5.41, 5.74) is 0.785. The Labute approximate surface area is 146 Å². The van der Waals surface area contributed by atoms with Gasteiger partial charge in [0.15, 0.2) is 21.3 Å². The van der Waals surface area contributed by atoms with Crippen LogP contribution in [0.15, 0.2) is 30.3 Å². The van der Waals surface area contributed by atoms with E-state index < -0.39 is 44.0 Å². The minimum absolute atomic E-state index is 0.0217. The lowest BCUT2D eigenvalue weighted by atomic mass is 9.97. The predicted octanol–water partition coefficient (Wildman–Crippen LogP) is 0.879. The van der Waals surface area contributed by atoms with Gasteiger partial charge in [-0.3, -0.25) is 4.79 Å². The zero-order chi connectivity index (χ0) is 18.4. The molecule has 8 heteroatoms. The van der Waals surface area contributed by atoms with Crippen molar-refractivity contribution in [1.29, 1.82) is 0 Å². The third kappa shape index (κ3) is 2.55. The molecule has 0 unspecified atom stereocenters. The number of nitrogens with zero attached hydrogens (tertiary/aromatic N) is 1. The normalized spacial score (nSPS) is 29.0. The number of esters is 1. The molecule has 0 radical (unpaired) electrons. The predicted molar refractivity (Wildman–Crippen MR) is 89.1 cm³/mol. The maximum atomic E-state index is 12.8. The van der Waals surface area contributed by atoms with Crippen molar-refractivity contribution in [1.82, 2.24) is 4.90 Å². The fourth-order valence-corrected chi connectivity index (χ4v) is 5.57. The molecule has 0 N–H and O–H groups in total. The van der Waals surface area contributed by atoms with Crippen LogP contribution in [0.3, 0.4) is 0 Å².